The van der Waals surface area contributed by atoms with Crippen LogP contribution in [0.5, 0.6) is 5.75 Å². The molecule has 0 saturated carbocycles. The Hall–Kier alpha value is -3.57. The van der Waals surface area contributed by atoms with Crippen molar-refractivity contribution in [3.63, 3.8) is 0 Å². The van der Waals surface area contributed by atoms with Gasteiger partial charge in [-0.05, 0) is 24.4 Å². The maximum absolute atomic E-state index is 13.5. The van der Waals surface area contributed by atoms with Crippen LogP contribution in [0.4, 0.5) is 0 Å². The number of carbonyl (C=O) groups excluding carboxylic acids is 1. The number of nitrogens with one attached hydrogen (secondary N) is 1. The Morgan fingerprint density at radius 2 is 1.46 bits per heavy atom. The highest BCUT2D eigenvalue weighted by Gasteiger charge is 2.23. The van der Waals surface area contributed by atoms with Crippen molar-refractivity contribution in [2.45, 2.75) is 0 Å². The van der Waals surface area contributed by atoms with Crippen LogP contribution in [0.1, 0.15) is 15.9 Å². The number of phenols is 1. The molecule has 2 N–H and O–H groups in total. The number of aromatic nitrogens is 2. The number of carbonyl (C=O) groups is 1. The smallest absolute Gasteiger partial charge is 0.197 e. The van der Waals surface area contributed by atoms with Crippen molar-refractivity contribution in [3.05, 3.63) is 101 Å². The summed E-state index contributed by atoms with van der Waals surface area (Å²) < 4.78 is 0.238. The lowest BCUT2D eigenvalue weighted by Gasteiger charge is -2.15. The largest absolute Gasteiger partial charge is 0.507 e. The second kappa shape index (κ2) is 7.58. The first-order chi connectivity index (χ1) is 13.6. The Morgan fingerprint density at radius 1 is 0.857 bits per heavy atom. The summed E-state index contributed by atoms with van der Waals surface area (Å²) in [5.41, 5.74) is 3.10. The second-order valence-corrected chi connectivity index (χ2v) is 6.61. The van der Waals surface area contributed by atoms with Gasteiger partial charge in [-0.1, -0.05) is 72.8 Å². The minimum Gasteiger partial charge on any atom is -0.507 e. The Kier molecular flexibility index (Phi) is 4.83. The molecule has 4 aromatic rings. The van der Waals surface area contributed by atoms with E-state index in [4.69, 9.17) is 12.2 Å². The molecule has 0 spiro atoms. The van der Waals surface area contributed by atoms with E-state index >= 15 is 0 Å². The van der Waals surface area contributed by atoms with Crippen LogP contribution >= 0.6 is 12.2 Å². The van der Waals surface area contributed by atoms with Crippen LogP contribution in [-0.2, 0) is 0 Å². The van der Waals surface area contributed by atoms with Crippen LogP contribution in [0.2, 0.25) is 0 Å². The number of hydrogen-bond donors (Lipinski definition) is 2. The Labute approximate surface area is 167 Å². The van der Waals surface area contributed by atoms with Crippen molar-refractivity contribution in [1.82, 2.24) is 9.97 Å². The molecule has 1 aromatic heterocycles. The summed E-state index contributed by atoms with van der Waals surface area (Å²) in [5, 5.41) is 10.4. The Morgan fingerprint density at radius 3 is 2.14 bits per heavy atom. The summed E-state index contributed by atoms with van der Waals surface area (Å²) in [6, 6.07) is 25.3. The highest BCUT2D eigenvalue weighted by molar-refractivity contribution is 7.71. The number of para-hydroxylation sites is 1. The molecule has 0 aliphatic carbocycles. The molecule has 0 atom stereocenters. The number of phenolic OH excluding ortho intramolecular Hbond substituents is 1. The third-order valence-electron chi connectivity index (χ3n) is 4.42. The molecule has 136 valence electrons. The first-order valence-electron chi connectivity index (χ1n) is 8.73. The van der Waals surface area contributed by atoms with Crippen molar-refractivity contribution in [1.29, 1.82) is 0 Å². The van der Waals surface area contributed by atoms with Crippen molar-refractivity contribution >= 4 is 18.0 Å². The predicted octanol–water partition coefficient (Wildman–Crippen LogP) is 5.41. The highest BCUT2D eigenvalue weighted by Crippen LogP contribution is 2.35. The summed E-state index contributed by atoms with van der Waals surface area (Å²) in [6.45, 7) is 0. The fourth-order valence-electron chi connectivity index (χ4n) is 3.12. The molecule has 0 fully saturated rings. The van der Waals surface area contributed by atoms with Crippen LogP contribution in [0.25, 0.3) is 22.5 Å². The summed E-state index contributed by atoms with van der Waals surface area (Å²) >= 11 is 5.33. The molecule has 28 heavy (non-hydrogen) atoms. The van der Waals surface area contributed by atoms with Crippen LogP contribution in [-0.4, -0.2) is 20.9 Å². The zero-order valence-corrected chi connectivity index (χ0v) is 15.6. The molecule has 5 heteroatoms. The van der Waals surface area contributed by atoms with E-state index in [1.54, 1.807) is 36.4 Å². The molecule has 0 aliphatic rings. The lowest BCUT2D eigenvalue weighted by molar-refractivity contribution is 0.103. The standard InChI is InChI=1S/C23H16N2O2S/c26-18-14-8-7-13-17(18)21-19(22(27)16-11-5-2-6-12-16)20(24-23(28)25-21)15-9-3-1-4-10-15/h1-14,26H,(H,24,25,28). The number of nitrogens with zero attached hydrogens (tertiary/aromatic N) is 1. The molecule has 0 bridgehead atoms. The molecule has 0 radical (unpaired) electrons. The van der Waals surface area contributed by atoms with E-state index in [0.29, 0.717) is 28.1 Å². The maximum Gasteiger partial charge on any atom is 0.197 e. The molecule has 3 aromatic carbocycles. The first kappa shape index (κ1) is 17.8. The first-order valence-corrected chi connectivity index (χ1v) is 9.14. The van der Waals surface area contributed by atoms with Gasteiger partial charge in [0.2, 0.25) is 0 Å². The SMILES string of the molecule is O=C(c1ccccc1)c1c(-c2ccccc2)nc(=S)[nH]c1-c1ccccc1O. The molecular formula is C23H16N2O2S. The Balaban J connectivity index is 2.07. The number of aromatic amines is 1. The maximum atomic E-state index is 13.5. The molecule has 4 rings (SSSR count). The number of aromatic hydroxyl groups is 1. The van der Waals surface area contributed by atoms with Crippen molar-refractivity contribution in [3.8, 4) is 28.3 Å². The summed E-state index contributed by atoms with van der Waals surface area (Å²) in [4.78, 5) is 21.0. The van der Waals surface area contributed by atoms with Gasteiger partial charge >= 0.3 is 0 Å². The topological polar surface area (TPSA) is 66.0 Å². The number of ketones is 1. The summed E-state index contributed by atoms with van der Waals surface area (Å²) in [6.07, 6.45) is 0. The highest BCUT2D eigenvalue weighted by atomic mass is 32.1. The third kappa shape index (κ3) is 3.35. The van der Waals surface area contributed by atoms with Gasteiger partial charge in [-0.2, -0.15) is 0 Å². The minimum absolute atomic E-state index is 0.0560. The van der Waals surface area contributed by atoms with Crippen LogP contribution in [0.3, 0.4) is 0 Å². The summed E-state index contributed by atoms with van der Waals surface area (Å²) in [7, 11) is 0. The van der Waals surface area contributed by atoms with Crippen LogP contribution in [0.15, 0.2) is 84.9 Å². The van der Waals surface area contributed by atoms with Gasteiger partial charge in [0.1, 0.15) is 5.75 Å². The van der Waals surface area contributed by atoms with Crippen LogP contribution < -0.4 is 0 Å². The zero-order chi connectivity index (χ0) is 19.5. The molecule has 0 aliphatic heterocycles. The van der Waals surface area contributed by atoms with Gasteiger partial charge in [0.05, 0.1) is 17.0 Å². The van der Waals surface area contributed by atoms with E-state index < -0.39 is 0 Å². The lowest BCUT2D eigenvalue weighted by Crippen LogP contribution is -2.10. The van der Waals surface area contributed by atoms with Crippen LogP contribution in [0, 0.1) is 4.77 Å². The number of benzene rings is 3. The second-order valence-electron chi connectivity index (χ2n) is 6.22. The van der Waals surface area contributed by atoms with E-state index in [-0.39, 0.29) is 16.3 Å². The average Bonchev–Trinajstić information content (AvgIpc) is 2.74. The molecule has 1 heterocycles. The van der Waals surface area contributed by atoms with Gasteiger partial charge in [-0.15, -0.1) is 0 Å². The molecule has 0 saturated heterocycles. The fraction of sp³-hybridized carbons (Fsp3) is 0. The third-order valence-corrected chi connectivity index (χ3v) is 4.61. The fourth-order valence-corrected chi connectivity index (χ4v) is 3.31. The number of H-pyrrole nitrogens is 1. The zero-order valence-electron chi connectivity index (χ0n) is 14.8. The van der Waals surface area contributed by atoms with Gasteiger partial charge in [0, 0.05) is 16.7 Å². The van der Waals surface area contributed by atoms with Gasteiger partial charge < -0.3 is 10.1 Å². The number of hydrogen-bond acceptors (Lipinski definition) is 4. The van der Waals surface area contributed by atoms with Crippen molar-refractivity contribution in [2.75, 3.05) is 0 Å². The minimum atomic E-state index is -0.198. The van der Waals surface area contributed by atoms with Crippen molar-refractivity contribution < 1.29 is 9.90 Å². The summed E-state index contributed by atoms with van der Waals surface area (Å²) in [5.74, 6) is -0.142. The lowest BCUT2D eigenvalue weighted by atomic mass is 9.93. The molecule has 4 nitrogen and oxygen atoms in total. The van der Waals surface area contributed by atoms with Gasteiger partial charge in [0.15, 0.2) is 10.6 Å². The van der Waals surface area contributed by atoms with E-state index in [1.165, 1.54) is 0 Å². The average molecular weight is 384 g/mol. The molecule has 0 unspecified atom stereocenters. The van der Waals surface area contributed by atoms with E-state index in [1.807, 2.05) is 48.5 Å². The monoisotopic (exact) mass is 384 g/mol. The number of rotatable bonds is 4. The van der Waals surface area contributed by atoms with Gasteiger partial charge in [0.25, 0.3) is 0 Å². The van der Waals surface area contributed by atoms with E-state index in [0.717, 1.165) is 5.56 Å². The molecule has 0 amide bonds. The van der Waals surface area contributed by atoms with Crippen molar-refractivity contribution in [2.24, 2.45) is 0 Å². The van der Waals surface area contributed by atoms with E-state index in [9.17, 15) is 9.90 Å². The predicted molar refractivity (Wildman–Crippen MR) is 112 cm³/mol. The van der Waals surface area contributed by atoms with Gasteiger partial charge in [-0.25, -0.2) is 4.98 Å². The quantitative estimate of drug-likeness (QED) is 0.365. The Bertz CT molecular complexity index is 1200. The molecular weight excluding hydrogens is 368 g/mol. The normalized spacial score (nSPS) is 10.6. The van der Waals surface area contributed by atoms with Gasteiger partial charge in [-0.3, -0.25) is 4.79 Å². The van der Waals surface area contributed by atoms with E-state index in [2.05, 4.69) is 9.97 Å².